The Bertz CT molecular complexity index is 949. The summed E-state index contributed by atoms with van der Waals surface area (Å²) in [7, 11) is 0. The van der Waals surface area contributed by atoms with Crippen molar-refractivity contribution in [3.63, 3.8) is 0 Å². The number of amides is 1. The molecule has 0 saturated carbocycles. The Morgan fingerprint density at radius 1 is 1.03 bits per heavy atom. The molecule has 1 aromatic carbocycles. The second-order valence-corrected chi connectivity index (χ2v) is 7.50. The SMILES string of the molecule is Cc1cnc(CNC(=O)c2coc(CN3CCN(Cc4ccccc4)CC3)n2)cn1. The van der Waals surface area contributed by atoms with Crippen LogP contribution in [0.4, 0.5) is 0 Å². The van der Waals surface area contributed by atoms with E-state index in [-0.39, 0.29) is 11.6 Å². The van der Waals surface area contributed by atoms with Crippen LogP contribution in [0.1, 0.15) is 33.3 Å². The van der Waals surface area contributed by atoms with Crippen molar-refractivity contribution in [1.82, 2.24) is 30.1 Å². The third-order valence-corrected chi connectivity index (χ3v) is 5.12. The van der Waals surface area contributed by atoms with Crippen molar-refractivity contribution < 1.29 is 9.21 Å². The fraction of sp³-hybridized carbons (Fsp3) is 0.364. The summed E-state index contributed by atoms with van der Waals surface area (Å²) in [6.45, 7) is 7.65. The first-order valence-corrected chi connectivity index (χ1v) is 10.1. The summed E-state index contributed by atoms with van der Waals surface area (Å²) in [4.78, 5) is 29.8. The summed E-state index contributed by atoms with van der Waals surface area (Å²) in [5, 5.41) is 2.80. The predicted octanol–water partition coefficient (Wildman–Crippen LogP) is 2.02. The van der Waals surface area contributed by atoms with Gasteiger partial charge < -0.3 is 9.73 Å². The van der Waals surface area contributed by atoms with Crippen molar-refractivity contribution >= 4 is 5.91 Å². The zero-order chi connectivity index (χ0) is 20.8. The van der Waals surface area contributed by atoms with Crippen LogP contribution in [0.25, 0.3) is 0 Å². The minimum Gasteiger partial charge on any atom is -0.447 e. The third kappa shape index (κ3) is 5.49. The van der Waals surface area contributed by atoms with Gasteiger partial charge in [-0.05, 0) is 12.5 Å². The van der Waals surface area contributed by atoms with Crippen LogP contribution in [0.5, 0.6) is 0 Å². The first-order valence-electron chi connectivity index (χ1n) is 10.1. The number of carbonyl (C=O) groups is 1. The van der Waals surface area contributed by atoms with Crippen LogP contribution < -0.4 is 5.32 Å². The van der Waals surface area contributed by atoms with E-state index in [4.69, 9.17) is 4.42 Å². The molecular weight excluding hydrogens is 380 g/mol. The van der Waals surface area contributed by atoms with Gasteiger partial charge in [0.05, 0.1) is 30.7 Å². The summed E-state index contributed by atoms with van der Waals surface area (Å²) in [6, 6.07) is 10.5. The van der Waals surface area contributed by atoms with E-state index in [0.717, 1.165) is 38.4 Å². The third-order valence-electron chi connectivity index (χ3n) is 5.12. The lowest BCUT2D eigenvalue weighted by molar-refractivity contribution is 0.0945. The highest BCUT2D eigenvalue weighted by atomic mass is 16.3. The molecular formula is C22H26N6O2. The molecule has 0 aliphatic carbocycles. The number of oxazole rings is 1. The second-order valence-electron chi connectivity index (χ2n) is 7.50. The van der Waals surface area contributed by atoms with Gasteiger partial charge in [-0.2, -0.15) is 0 Å². The molecule has 1 amide bonds. The van der Waals surface area contributed by atoms with Gasteiger partial charge in [0.2, 0.25) is 5.89 Å². The van der Waals surface area contributed by atoms with Crippen LogP contribution in [-0.2, 0) is 19.6 Å². The highest BCUT2D eigenvalue weighted by Gasteiger charge is 2.20. The first-order chi connectivity index (χ1) is 14.7. The van der Waals surface area contributed by atoms with Crippen LogP contribution in [0, 0.1) is 6.92 Å². The molecule has 0 bridgehead atoms. The molecule has 0 unspecified atom stereocenters. The Hall–Kier alpha value is -3.10. The van der Waals surface area contributed by atoms with Gasteiger partial charge in [0.1, 0.15) is 6.26 Å². The number of benzene rings is 1. The van der Waals surface area contributed by atoms with Gasteiger partial charge in [0.25, 0.3) is 5.91 Å². The molecule has 1 N–H and O–H groups in total. The van der Waals surface area contributed by atoms with E-state index in [1.807, 2.05) is 13.0 Å². The summed E-state index contributed by atoms with van der Waals surface area (Å²) >= 11 is 0. The van der Waals surface area contributed by atoms with Crippen molar-refractivity contribution in [1.29, 1.82) is 0 Å². The lowest BCUT2D eigenvalue weighted by Crippen LogP contribution is -2.45. The van der Waals surface area contributed by atoms with Gasteiger partial charge in [0.15, 0.2) is 5.69 Å². The van der Waals surface area contributed by atoms with E-state index in [1.54, 1.807) is 12.4 Å². The van der Waals surface area contributed by atoms with Crippen LogP contribution in [0.3, 0.4) is 0 Å². The van der Waals surface area contributed by atoms with E-state index < -0.39 is 0 Å². The molecule has 0 spiro atoms. The molecule has 1 saturated heterocycles. The molecule has 0 atom stereocenters. The minimum absolute atomic E-state index is 0.278. The number of aryl methyl sites for hydroxylation is 1. The van der Waals surface area contributed by atoms with Crippen molar-refractivity contribution in [2.24, 2.45) is 0 Å². The van der Waals surface area contributed by atoms with E-state index in [2.05, 4.69) is 54.3 Å². The van der Waals surface area contributed by atoms with Gasteiger partial charge in [-0.25, -0.2) is 4.98 Å². The molecule has 3 aromatic rings. The molecule has 3 heterocycles. The largest absolute Gasteiger partial charge is 0.447 e. The van der Waals surface area contributed by atoms with Gasteiger partial charge in [-0.3, -0.25) is 24.6 Å². The molecule has 156 valence electrons. The van der Waals surface area contributed by atoms with Crippen molar-refractivity contribution in [3.8, 4) is 0 Å². The van der Waals surface area contributed by atoms with Crippen LogP contribution in [0.2, 0.25) is 0 Å². The van der Waals surface area contributed by atoms with Gasteiger partial charge >= 0.3 is 0 Å². The Morgan fingerprint density at radius 3 is 2.47 bits per heavy atom. The highest BCUT2D eigenvalue weighted by molar-refractivity contribution is 5.91. The lowest BCUT2D eigenvalue weighted by Gasteiger charge is -2.34. The number of hydrogen-bond donors (Lipinski definition) is 1. The molecule has 1 fully saturated rings. The Labute approximate surface area is 176 Å². The number of piperazine rings is 1. The smallest absolute Gasteiger partial charge is 0.273 e. The monoisotopic (exact) mass is 406 g/mol. The van der Waals surface area contributed by atoms with Gasteiger partial charge in [-0.15, -0.1) is 0 Å². The maximum absolute atomic E-state index is 12.3. The molecule has 8 heteroatoms. The molecule has 4 rings (SSSR count). The van der Waals surface area contributed by atoms with Gasteiger partial charge in [0, 0.05) is 38.9 Å². The Kier molecular flexibility index (Phi) is 6.46. The van der Waals surface area contributed by atoms with E-state index >= 15 is 0 Å². The maximum Gasteiger partial charge on any atom is 0.273 e. The normalized spacial score (nSPS) is 15.2. The number of carbonyl (C=O) groups excluding carboxylic acids is 1. The van der Waals surface area contributed by atoms with Crippen molar-refractivity contribution in [2.75, 3.05) is 26.2 Å². The molecule has 30 heavy (non-hydrogen) atoms. The Morgan fingerprint density at radius 2 is 1.77 bits per heavy atom. The number of nitrogens with one attached hydrogen (secondary N) is 1. The first kappa shape index (κ1) is 20.2. The zero-order valence-corrected chi connectivity index (χ0v) is 17.1. The fourth-order valence-electron chi connectivity index (χ4n) is 3.40. The summed E-state index contributed by atoms with van der Waals surface area (Å²) < 4.78 is 5.52. The van der Waals surface area contributed by atoms with Crippen LogP contribution in [-0.4, -0.2) is 56.8 Å². The van der Waals surface area contributed by atoms with Crippen molar-refractivity contribution in [2.45, 2.75) is 26.6 Å². The van der Waals surface area contributed by atoms with Crippen LogP contribution >= 0.6 is 0 Å². The average molecular weight is 406 g/mol. The highest BCUT2D eigenvalue weighted by Crippen LogP contribution is 2.12. The van der Waals surface area contributed by atoms with E-state index in [1.165, 1.54) is 11.8 Å². The topological polar surface area (TPSA) is 87.4 Å². The zero-order valence-electron chi connectivity index (χ0n) is 17.1. The lowest BCUT2D eigenvalue weighted by atomic mass is 10.2. The van der Waals surface area contributed by atoms with Crippen molar-refractivity contribution in [3.05, 3.63) is 77.5 Å². The average Bonchev–Trinajstić information content (AvgIpc) is 3.24. The maximum atomic E-state index is 12.3. The quantitative estimate of drug-likeness (QED) is 0.642. The van der Waals surface area contributed by atoms with Crippen LogP contribution in [0.15, 0.2) is 53.4 Å². The molecule has 2 aromatic heterocycles. The molecule has 0 radical (unpaired) electrons. The molecule has 1 aliphatic rings. The second kappa shape index (κ2) is 9.60. The minimum atomic E-state index is -0.278. The number of hydrogen-bond acceptors (Lipinski definition) is 7. The molecule has 1 aliphatic heterocycles. The van der Waals surface area contributed by atoms with E-state index in [9.17, 15) is 4.79 Å². The Balaban J connectivity index is 1.22. The standard InChI is InChI=1S/C22H26N6O2/c1-17-11-24-19(12-23-17)13-25-22(29)20-16-30-21(26-20)15-28-9-7-27(8-10-28)14-18-5-3-2-4-6-18/h2-6,11-12,16H,7-10,13-15H2,1H3,(H,25,29). The summed E-state index contributed by atoms with van der Waals surface area (Å²) in [5.74, 6) is 0.284. The number of aromatic nitrogens is 3. The van der Waals surface area contributed by atoms with Gasteiger partial charge in [-0.1, -0.05) is 30.3 Å². The summed E-state index contributed by atoms with van der Waals surface area (Å²) in [6.07, 6.45) is 4.74. The van der Waals surface area contributed by atoms with E-state index in [0.29, 0.717) is 24.7 Å². The molecule has 8 nitrogen and oxygen atoms in total. The number of rotatable bonds is 7. The summed E-state index contributed by atoms with van der Waals surface area (Å²) in [5.41, 5.74) is 3.16. The predicted molar refractivity (Wildman–Crippen MR) is 111 cm³/mol. The fourth-order valence-corrected chi connectivity index (χ4v) is 3.40. The number of nitrogens with zero attached hydrogens (tertiary/aromatic N) is 5.